The first-order chi connectivity index (χ1) is 15.6. The van der Waals surface area contributed by atoms with Crippen LogP contribution >= 0.6 is 0 Å². The summed E-state index contributed by atoms with van der Waals surface area (Å²) in [5, 5.41) is 10.1. The fourth-order valence-corrected chi connectivity index (χ4v) is 5.76. The zero-order valence-corrected chi connectivity index (χ0v) is 18.7. The Balaban J connectivity index is 1.50. The zero-order chi connectivity index (χ0) is 22.1. The van der Waals surface area contributed by atoms with Crippen molar-refractivity contribution < 1.29 is 9.90 Å². The smallest absolute Gasteiger partial charge is 0.123 e. The van der Waals surface area contributed by atoms with E-state index in [1.807, 2.05) is 12.1 Å². The van der Waals surface area contributed by atoms with E-state index < -0.39 is 0 Å². The van der Waals surface area contributed by atoms with Crippen molar-refractivity contribution in [2.45, 2.75) is 43.9 Å². The molecule has 0 bridgehead atoms. The van der Waals surface area contributed by atoms with Crippen LogP contribution in [0.2, 0.25) is 0 Å². The van der Waals surface area contributed by atoms with E-state index in [0.717, 1.165) is 38.6 Å². The van der Waals surface area contributed by atoms with Crippen LogP contribution in [0.3, 0.4) is 0 Å². The second-order valence-electron chi connectivity index (χ2n) is 9.50. The third-order valence-electron chi connectivity index (χ3n) is 7.52. The van der Waals surface area contributed by atoms with E-state index in [0.29, 0.717) is 17.6 Å². The molecule has 0 amide bonds. The van der Waals surface area contributed by atoms with Crippen LogP contribution in [-0.2, 0) is 4.79 Å². The summed E-state index contributed by atoms with van der Waals surface area (Å²) in [6.07, 6.45) is 4.06. The van der Waals surface area contributed by atoms with Crippen molar-refractivity contribution >= 4 is 12.0 Å². The molecule has 164 valence electrons. The number of rotatable bonds is 4. The number of carbonyl (C=O) groups excluding carboxylic acids is 1. The number of fused-ring (bicyclic) bond motifs is 1. The third kappa shape index (κ3) is 3.92. The van der Waals surface area contributed by atoms with Crippen LogP contribution in [0.1, 0.15) is 66.2 Å². The van der Waals surface area contributed by atoms with E-state index >= 15 is 0 Å². The quantitative estimate of drug-likeness (QED) is 0.504. The Morgan fingerprint density at radius 3 is 2.28 bits per heavy atom. The predicted octanol–water partition coefficient (Wildman–Crippen LogP) is 6.23. The first-order valence-corrected chi connectivity index (χ1v) is 11.8. The molecule has 0 radical (unpaired) electrons. The van der Waals surface area contributed by atoms with Gasteiger partial charge in [-0.1, -0.05) is 55.5 Å². The van der Waals surface area contributed by atoms with E-state index in [-0.39, 0.29) is 11.8 Å². The molecular weight excluding hydrogens is 394 g/mol. The van der Waals surface area contributed by atoms with Gasteiger partial charge >= 0.3 is 0 Å². The maximum Gasteiger partial charge on any atom is 0.123 e. The van der Waals surface area contributed by atoms with Crippen molar-refractivity contribution in [1.29, 1.82) is 0 Å². The SMILES string of the molecule is C[C@@H]1C[C@@H](c2ccccc2)[C@@H](c2ccc(N3CCC(C=O)CC3)cc2)c2ccc(O)cc21. The molecule has 1 aliphatic heterocycles. The molecule has 2 aliphatic rings. The van der Waals surface area contributed by atoms with E-state index in [2.05, 4.69) is 72.5 Å². The van der Waals surface area contributed by atoms with Crippen LogP contribution in [0.15, 0.2) is 72.8 Å². The Kier molecular flexibility index (Phi) is 5.73. The average molecular weight is 426 g/mol. The van der Waals surface area contributed by atoms with E-state index in [1.165, 1.54) is 27.9 Å². The zero-order valence-electron chi connectivity index (χ0n) is 18.7. The highest BCUT2D eigenvalue weighted by molar-refractivity contribution is 5.56. The van der Waals surface area contributed by atoms with E-state index in [9.17, 15) is 9.90 Å². The predicted molar refractivity (Wildman–Crippen MR) is 130 cm³/mol. The lowest BCUT2D eigenvalue weighted by Gasteiger charge is -2.38. The van der Waals surface area contributed by atoms with Gasteiger partial charge in [-0.25, -0.2) is 0 Å². The average Bonchev–Trinajstić information content (AvgIpc) is 2.85. The Labute approximate surface area is 190 Å². The number of phenols is 1. The van der Waals surface area contributed by atoms with E-state index in [4.69, 9.17) is 0 Å². The Morgan fingerprint density at radius 1 is 0.875 bits per heavy atom. The Morgan fingerprint density at radius 2 is 1.59 bits per heavy atom. The van der Waals surface area contributed by atoms with Gasteiger partial charge in [0.15, 0.2) is 0 Å². The van der Waals surface area contributed by atoms with Crippen LogP contribution in [0.5, 0.6) is 5.75 Å². The Hall–Kier alpha value is -3.07. The van der Waals surface area contributed by atoms with Crippen LogP contribution in [0.4, 0.5) is 5.69 Å². The van der Waals surface area contributed by atoms with Gasteiger partial charge in [-0.2, -0.15) is 0 Å². The molecule has 1 saturated heterocycles. The summed E-state index contributed by atoms with van der Waals surface area (Å²) < 4.78 is 0. The van der Waals surface area contributed by atoms with Gasteiger partial charge in [0, 0.05) is 30.6 Å². The number of aromatic hydroxyl groups is 1. The molecule has 0 saturated carbocycles. The van der Waals surface area contributed by atoms with Crippen molar-refractivity contribution in [2.24, 2.45) is 5.92 Å². The number of aldehydes is 1. The van der Waals surface area contributed by atoms with Gasteiger partial charge in [0.2, 0.25) is 0 Å². The number of benzene rings is 3. The van der Waals surface area contributed by atoms with Gasteiger partial charge in [0.05, 0.1) is 0 Å². The van der Waals surface area contributed by atoms with Crippen molar-refractivity contribution in [3.63, 3.8) is 0 Å². The van der Waals surface area contributed by atoms with Crippen molar-refractivity contribution in [3.05, 3.63) is 95.1 Å². The van der Waals surface area contributed by atoms with Crippen LogP contribution < -0.4 is 4.90 Å². The maximum absolute atomic E-state index is 11.1. The minimum Gasteiger partial charge on any atom is -0.508 e. The summed E-state index contributed by atoms with van der Waals surface area (Å²) >= 11 is 0. The molecule has 1 heterocycles. The molecule has 0 aromatic heterocycles. The highest BCUT2D eigenvalue weighted by Gasteiger charge is 2.35. The molecule has 0 spiro atoms. The number of hydrogen-bond donors (Lipinski definition) is 1. The number of anilines is 1. The monoisotopic (exact) mass is 425 g/mol. The molecule has 1 aliphatic carbocycles. The van der Waals surface area contributed by atoms with Gasteiger partial charge in [0.25, 0.3) is 0 Å². The summed E-state index contributed by atoms with van der Waals surface area (Å²) in [4.78, 5) is 13.5. The largest absolute Gasteiger partial charge is 0.508 e. The lowest BCUT2D eigenvalue weighted by molar-refractivity contribution is -0.111. The van der Waals surface area contributed by atoms with Crippen LogP contribution in [-0.4, -0.2) is 24.5 Å². The second-order valence-corrected chi connectivity index (χ2v) is 9.50. The molecule has 3 aromatic carbocycles. The molecule has 1 fully saturated rings. The number of carbonyl (C=O) groups is 1. The minimum atomic E-state index is 0.217. The fourth-order valence-electron chi connectivity index (χ4n) is 5.76. The normalized spacial score (nSPS) is 23.5. The van der Waals surface area contributed by atoms with Crippen molar-refractivity contribution in [1.82, 2.24) is 0 Å². The van der Waals surface area contributed by atoms with Gasteiger partial charge in [-0.05, 0) is 77.6 Å². The standard InChI is InChI=1S/C29H31NO2/c1-20-17-28(22-5-3-2-4-6-22)29(26-12-11-25(32)18-27(20)26)23-7-9-24(10-8-23)30-15-13-21(19-31)14-16-30/h2-12,18-21,28-29,32H,13-17H2,1H3/t20-,28+,29+/m1/s1. The van der Waals surface area contributed by atoms with Gasteiger partial charge in [0.1, 0.15) is 12.0 Å². The second kappa shape index (κ2) is 8.82. The molecule has 32 heavy (non-hydrogen) atoms. The molecule has 5 rings (SSSR count). The molecule has 3 nitrogen and oxygen atoms in total. The van der Waals surface area contributed by atoms with Crippen molar-refractivity contribution in [2.75, 3.05) is 18.0 Å². The lowest BCUT2D eigenvalue weighted by atomic mass is 9.66. The summed E-state index contributed by atoms with van der Waals surface area (Å²) in [6.45, 7) is 4.16. The van der Waals surface area contributed by atoms with Crippen molar-refractivity contribution in [3.8, 4) is 5.75 Å². The number of hydrogen-bond acceptors (Lipinski definition) is 3. The molecule has 1 N–H and O–H groups in total. The van der Waals surface area contributed by atoms with Gasteiger partial charge in [-0.3, -0.25) is 0 Å². The third-order valence-corrected chi connectivity index (χ3v) is 7.52. The molecule has 3 aromatic rings. The highest BCUT2D eigenvalue weighted by atomic mass is 16.3. The summed E-state index contributed by atoms with van der Waals surface area (Å²) in [5.74, 6) is 1.63. The topological polar surface area (TPSA) is 40.5 Å². The number of piperidine rings is 1. The number of nitrogens with zero attached hydrogens (tertiary/aromatic N) is 1. The highest BCUT2D eigenvalue weighted by Crippen LogP contribution is 2.51. The molecule has 0 unspecified atom stereocenters. The fraction of sp³-hybridized carbons (Fsp3) is 0.345. The van der Waals surface area contributed by atoms with Gasteiger partial charge in [-0.15, -0.1) is 0 Å². The number of phenolic OH excluding ortho intramolecular Hbond substituents is 1. The summed E-state index contributed by atoms with van der Waals surface area (Å²) in [5.41, 5.74) is 6.54. The first-order valence-electron chi connectivity index (χ1n) is 11.8. The summed E-state index contributed by atoms with van der Waals surface area (Å²) in [6, 6.07) is 25.8. The molecular formula is C29H31NO2. The lowest BCUT2D eigenvalue weighted by Crippen LogP contribution is -2.34. The van der Waals surface area contributed by atoms with E-state index in [1.54, 1.807) is 0 Å². The minimum absolute atomic E-state index is 0.217. The van der Waals surface area contributed by atoms with Crippen LogP contribution in [0.25, 0.3) is 0 Å². The Bertz CT molecular complexity index is 1070. The molecule has 3 atom stereocenters. The van der Waals surface area contributed by atoms with Gasteiger partial charge < -0.3 is 14.8 Å². The first kappa shape index (κ1) is 20.8. The maximum atomic E-state index is 11.1. The summed E-state index contributed by atoms with van der Waals surface area (Å²) in [7, 11) is 0. The van der Waals surface area contributed by atoms with Crippen LogP contribution in [0, 0.1) is 5.92 Å². The molecule has 3 heteroatoms.